The molecule has 0 bridgehead atoms. The summed E-state index contributed by atoms with van der Waals surface area (Å²) in [6.07, 6.45) is -0.330. The van der Waals surface area contributed by atoms with E-state index in [1.165, 1.54) is 0 Å². The number of H-pyrrole nitrogens is 1. The Hall–Kier alpha value is -1.99. The number of benzene rings is 1. The molecule has 2 heterocycles. The van der Waals surface area contributed by atoms with Gasteiger partial charge in [0.05, 0.1) is 17.7 Å². The summed E-state index contributed by atoms with van der Waals surface area (Å²) < 4.78 is 0.726. The number of fused-ring (bicyclic) bond motifs is 1. The Morgan fingerprint density at radius 1 is 1.41 bits per heavy atom. The zero-order valence-corrected chi connectivity index (χ0v) is 13.6. The first-order valence-electron chi connectivity index (χ1n) is 6.71. The standard InChI is InChI=1S/C15H14BrN3O3/c1-7-13(8(2)19-18-7)12(20)6-15(22)10-5-9(16)3-4-11(10)17-14(15)21/h3-5,22H,6H2,1-2H3,(H,17,21)(H,18,19)/t15-/m0/s1. The van der Waals surface area contributed by atoms with E-state index in [1.54, 1.807) is 32.0 Å². The van der Waals surface area contributed by atoms with E-state index in [9.17, 15) is 14.7 Å². The molecule has 1 aliphatic rings. The van der Waals surface area contributed by atoms with E-state index >= 15 is 0 Å². The first-order chi connectivity index (χ1) is 10.3. The summed E-state index contributed by atoms with van der Waals surface area (Å²) in [6, 6.07) is 5.10. The predicted molar refractivity (Wildman–Crippen MR) is 83.7 cm³/mol. The van der Waals surface area contributed by atoms with Gasteiger partial charge in [0.25, 0.3) is 5.91 Å². The molecule has 2 aromatic rings. The van der Waals surface area contributed by atoms with Gasteiger partial charge in [0.2, 0.25) is 0 Å². The normalized spacial score (nSPS) is 19.9. The van der Waals surface area contributed by atoms with Gasteiger partial charge in [-0.3, -0.25) is 14.7 Å². The summed E-state index contributed by atoms with van der Waals surface area (Å²) in [5.41, 5.74) is 0.651. The van der Waals surface area contributed by atoms with Crippen LogP contribution in [0.5, 0.6) is 0 Å². The lowest BCUT2D eigenvalue weighted by Crippen LogP contribution is -2.36. The van der Waals surface area contributed by atoms with Crippen LogP contribution in [-0.4, -0.2) is 27.0 Å². The summed E-state index contributed by atoms with van der Waals surface area (Å²) >= 11 is 3.31. The quantitative estimate of drug-likeness (QED) is 0.728. The summed E-state index contributed by atoms with van der Waals surface area (Å²) in [5.74, 6) is -0.915. The molecule has 0 spiro atoms. The number of Topliss-reactive ketones (excluding diaryl/α,β-unsaturated/α-hetero) is 1. The number of nitrogens with one attached hydrogen (secondary N) is 2. The number of aryl methyl sites for hydroxylation is 2. The van der Waals surface area contributed by atoms with Crippen LogP contribution in [0.3, 0.4) is 0 Å². The highest BCUT2D eigenvalue weighted by Gasteiger charge is 2.47. The van der Waals surface area contributed by atoms with Gasteiger partial charge in [-0.2, -0.15) is 5.10 Å². The van der Waals surface area contributed by atoms with Crippen LogP contribution in [0.4, 0.5) is 5.69 Å². The van der Waals surface area contributed by atoms with Gasteiger partial charge in [-0.1, -0.05) is 15.9 Å². The van der Waals surface area contributed by atoms with E-state index in [-0.39, 0.29) is 12.2 Å². The number of anilines is 1. The van der Waals surface area contributed by atoms with Crippen LogP contribution in [0.1, 0.15) is 33.7 Å². The second kappa shape index (κ2) is 5.03. The number of carbonyl (C=O) groups is 2. The number of aromatic amines is 1. The molecule has 1 aromatic carbocycles. The zero-order valence-electron chi connectivity index (χ0n) is 12.0. The van der Waals surface area contributed by atoms with E-state index in [0.717, 1.165) is 4.47 Å². The Bertz CT molecular complexity index is 780. The Balaban J connectivity index is 2.00. The molecule has 0 unspecified atom stereocenters. The van der Waals surface area contributed by atoms with Crippen molar-refractivity contribution < 1.29 is 14.7 Å². The Morgan fingerprint density at radius 3 is 2.77 bits per heavy atom. The van der Waals surface area contributed by atoms with Crippen LogP contribution in [-0.2, 0) is 10.4 Å². The van der Waals surface area contributed by atoms with Gasteiger partial charge in [-0.05, 0) is 32.0 Å². The van der Waals surface area contributed by atoms with Crippen LogP contribution in [0.2, 0.25) is 0 Å². The molecule has 0 radical (unpaired) electrons. The molecule has 0 fully saturated rings. The minimum atomic E-state index is -1.87. The van der Waals surface area contributed by atoms with E-state index in [2.05, 4.69) is 31.4 Å². The molecule has 0 aliphatic carbocycles. The number of hydrogen-bond acceptors (Lipinski definition) is 4. The van der Waals surface area contributed by atoms with Crippen LogP contribution in [0.25, 0.3) is 0 Å². The van der Waals surface area contributed by atoms with Gasteiger partial charge >= 0.3 is 0 Å². The van der Waals surface area contributed by atoms with Gasteiger partial charge in [0.15, 0.2) is 11.4 Å². The highest BCUT2D eigenvalue weighted by atomic mass is 79.9. The fraction of sp³-hybridized carbons (Fsp3) is 0.267. The monoisotopic (exact) mass is 363 g/mol. The van der Waals surface area contributed by atoms with E-state index in [4.69, 9.17) is 0 Å². The lowest BCUT2D eigenvalue weighted by molar-refractivity contribution is -0.133. The van der Waals surface area contributed by atoms with Crippen molar-refractivity contribution in [3.05, 3.63) is 45.2 Å². The van der Waals surface area contributed by atoms with Gasteiger partial charge in [0.1, 0.15) is 0 Å². The smallest absolute Gasteiger partial charge is 0.261 e. The van der Waals surface area contributed by atoms with E-state index < -0.39 is 11.5 Å². The highest BCUT2D eigenvalue weighted by molar-refractivity contribution is 9.10. The first kappa shape index (κ1) is 14.9. The Morgan fingerprint density at radius 2 is 2.14 bits per heavy atom. The molecule has 1 amide bonds. The average Bonchev–Trinajstić information content (AvgIpc) is 2.90. The molecule has 22 heavy (non-hydrogen) atoms. The number of amides is 1. The maximum absolute atomic E-state index is 12.5. The zero-order chi connectivity index (χ0) is 16.1. The molecule has 0 saturated carbocycles. The summed E-state index contributed by atoms with van der Waals surface area (Å²) in [6.45, 7) is 3.44. The molecule has 1 aromatic heterocycles. The van der Waals surface area contributed by atoms with Crippen molar-refractivity contribution in [3.8, 4) is 0 Å². The fourth-order valence-electron chi connectivity index (χ4n) is 2.77. The fourth-order valence-corrected chi connectivity index (χ4v) is 3.13. The largest absolute Gasteiger partial charge is 0.375 e. The molecule has 3 N–H and O–H groups in total. The summed E-state index contributed by atoms with van der Waals surface area (Å²) in [4.78, 5) is 24.7. The number of hydrogen-bond donors (Lipinski definition) is 3. The number of ketones is 1. The lowest BCUT2D eigenvalue weighted by Gasteiger charge is -2.20. The van der Waals surface area contributed by atoms with E-state index in [1.807, 2.05) is 0 Å². The van der Waals surface area contributed by atoms with Crippen molar-refractivity contribution in [1.29, 1.82) is 0 Å². The van der Waals surface area contributed by atoms with Crippen molar-refractivity contribution in [1.82, 2.24) is 10.2 Å². The van der Waals surface area contributed by atoms with Crippen molar-refractivity contribution in [2.45, 2.75) is 25.9 Å². The van der Waals surface area contributed by atoms with E-state index in [0.29, 0.717) is 28.2 Å². The molecule has 1 atom stereocenters. The van der Waals surface area contributed by atoms with Crippen molar-refractivity contribution in [2.24, 2.45) is 0 Å². The van der Waals surface area contributed by atoms with Crippen LogP contribution >= 0.6 is 15.9 Å². The van der Waals surface area contributed by atoms with Gasteiger partial charge in [-0.25, -0.2) is 0 Å². The van der Waals surface area contributed by atoms with Crippen molar-refractivity contribution in [2.75, 3.05) is 5.32 Å². The Labute approximate surface area is 135 Å². The Kier molecular flexibility index (Phi) is 3.41. The number of halogens is 1. The maximum Gasteiger partial charge on any atom is 0.261 e. The summed E-state index contributed by atoms with van der Waals surface area (Å²) in [7, 11) is 0. The second-order valence-electron chi connectivity index (χ2n) is 5.41. The van der Waals surface area contributed by atoms with Gasteiger partial charge in [0, 0.05) is 21.4 Å². The third kappa shape index (κ3) is 2.17. The SMILES string of the molecule is Cc1n[nH]c(C)c1C(=O)C[C@@]1(O)C(=O)Nc2ccc(Br)cc21. The van der Waals surface area contributed by atoms with Crippen LogP contribution in [0.15, 0.2) is 22.7 Å². The van der Waals surface area contributed by atoms with Gasteiger partial charge in [-0.15, -0.1) is 0 Å². The number of aliphatic hydroxyl groups is 1. The molecule has 0 saturated heterocycles. The molecule has 114 valence electrons. The molecule has 1 aliphatic heterocycles. The van der Waals surface area contributed by atoms with Crippen molar-refractivity contribution >= 4 is 33.3 Å². The molecule has 6 nitrogen and oxygen atoms in total. The second-order valence-corrected chi connectivity index (χ2v) is 6.33. The third-order valence-corrected chi connectivity index (χ3v) is 4.37. The molecular weight excluding hydrogens is 350 g/mol. The first-order valence-corrected chi connectivity index (χ1v) is 7.51. The number of nitrogens with zero attached hydrogens (tertiary/aromatic N) is 1. The van der Waals surface area contributed by atoms with Crippen LogP contribution < -0.4 is 5.32 Å². The van der Waals surface area contributed by atoms with Crippen molar-refractivity contribution in [3.63, 3.8) is 0 Å². The molecular formula is C15H14BrN3O3. The average molecular weight is 364 g/mol. The topological polar surface area (TPSA) is 95.1 Å². The highest BCUT2D eigenvalue weighted by Crippen LogP contribution is 2.40. The minimum absolute atomic E-state index is 0.325. The molecule has 7 heteroatoms. The number of rotatable bonds is 3. The maximum atomic E-state index is 12.5. The van der Waals surface area contributed by atoms with Crippen LogP contribution in [0, 0.1) is 13.8 Å². The number of aromatic nitrogens is 2. The predicted octanol–water partition coefficient (Wildman–Crippen LogP) is 2.20. The summed E-state index contributed by atoms with van der Waals surface area (Å²) in [5, 5.41) is 20.1. The van der Waals surface area contributed by atoms with Gasteiger partial charge < -0.3 is 10.4 Å². The lowest BCUT2D eigenvalue weighted by atomic mass is 9.87. The number of carbonyl (C=O) groups excluding carboxylic acids is 2. The third-order valence-electron chi connectivity index (χ3n) is 3.87. The molecule has 3 rings (SSSR count). The minimum Gasteiger partial charge on any atom is -0.375 e.